The van der Waals surface area contributed by atoms with Gasteiger partial charge in [-0.25, -0.2) is 4.79 Å². The molecule has 1 saturated heterocycles. The van der Waals surface area contributed by atoms with Crippen LogP contribution in [-0.2, 0) is 72.2 Å². The summed E-state index contributed by atoms with van der Waals surface area (Å²) in [5.41, 5.74) is 2.00. The van der Waals surface area contributed by atoms with Crippen molar-refractivity contribution in [1.82, 2.24) is 10.2 Å². The molecular formula is C63H110N2O12. The second-order valence-electron chi connectivity index (χ2n) is 21.2. The number of esters is 4. The van der Waals surface area contributed by atoms with E-state index in [0.29, 0.717) is 81.6 Å². The van der Waals surface area contributed by atoms with Crippen molar-refractivity contribution in [3.8, 4) is 0 Å². The number of rotatable bonds is 51. The number of amides is 1. The van der Waals surface area contributed by atoms with E-state index in [9.17, 15) is 24.0 Å². The van der Waals surface area contributed by atoms with Crippen molar-refractivity contribution < 1.29 is 58.6 Å². The van der Waals surface area contributed by atoms with Gasteiger partial charge in [0.2, 0.25) is 0 Å². The highest BCUT2D eigenvalue weighted by Gasteiger charge is 2.19. The number of hydrogen-bond acceptors (Lipinski definition) is 13. The van der Waals surface area contributed by atoms with Gasteiger partial charge in [-0.05, 0) is 125 Å². The number of nitrogens with one attached hydrogen (secondary N) is 1. The molecule has 1 unspecified atom stereocenters. The molecule has 0 aromatic heterocycles. The lowest BCUT2D eigenvalue weighted by molar-refractivity contribution is -0.160. The van der Waals surface area contributed by atoms with Crippen LogP contribution in [0.25, 0.3) is 0 Å². The van der Waals surface area contributed by atoms with Gasteiger partial charge in [-0.2, -0.15) is 0 Å². The van der Waals surface area contributed by atoms with Crippen LogP contribution in [0.1, 0.15) is 264 Å². The summed E-state index contributed by atoms with van der Waals surface area (Å²) in [5.74, 6) is -1.32. The quantitative estimate of drug-likeness (QED) is 0.0216. The van der Waals surface area contributed by atoms with Crippen molar-refractivity contribution >= 4 is 30.0 Å². The van der Waals surface area contributed by atoms with Gasteiger partial charge in [0.15, 0.2) is 6.29 Å². The predicted octanol–water partition coefficient (Wildman–Crippen LogP) is 15.3. The van der Waals surface area contributed by atoms with Gasteiger partial charge in [-0.15, -0.1) is 0 Å². The van der Waals surface area contributed by atoms with Crippen LogP contribution in [-0.4, -0.2) is 93.3 Å². The fraction of sp³-hybridized carbons (Fsp3) is 0.794. The first kappa shape index (κ1) is 69.1. The zero-order valence-electron chi connectivity index (χ0n) is 49.0. The number of benzene rings is 1. The minimum Gasteiger partial charge on any atom is -0.465 e. The number of hydrogen-bond donors (Lipinski definition) is 1. The predicted molar refractivity (Wildman–Crippen MR) is 308 cm³/mol. The maximum Gasteiger partial charge on any atom is 0.407 e. The van der Waals surface area contributed by atoms with E-state index in [2.05, 4.69) is 50.1 Å². The van der Waals surface area contributed by atoms with E-state index in [4.69, 9.17) is 33.2 Å². The van der Waals surface area contributed by atoms with Crippen LogP contribution in [0.4, 0.5) is 4.79 Å². The molecule has 1 fully saturated rings. The molecule has 0 bridgehead atoms. The summed E-state index contributed by atoms with van der Waals surface area (Å²) in [6.07, 6.45) is 33.8. The van der Waals surface area contributed by atoms with Gasteiger partial charge in [0.25, 0.3) is 0 Å². The van der Waals surface area contributed by atoms with Gasteiger partial charge in [0.05, 0.1) is 13.0 Å². The average molecular weight is 1090 g/mol. The fourth-order valence-corrected chi connectivity index (χ4v) is 9.25. The Bertz CT molecular complexity index is 1670. The molecule has 14 nitrogen and oxygen atoms in total. The van der Waals surface area contributed by atoms with Gasteiger partial charge < -0.3 is 43.4 Å². The summed E-state index contributed by atoms with van der Waals surface area (Å²) in [6, 6.07) is 5.49. The zero-order valence-corrected chi connectivity index (χ0v) is 49.0. The monoisotopic (exact) mass is 1090 g/mol. The first-order chi connectivity index (χ1) is 37.6. The lowest BCUT2D eigenvalue weighted by Gasteiger charge is -2.19. The van der Waals surface area contributed by atoms with Crippen LogP contribution in [0.3, 0.4) is 0 Å². The maximum atomic E-state index is 13.2. The summed E-state index contributed by atoms with van der Waals surface area (Å²) in [6.45, 7) is 13.7. The summed E-state index contributed by atoms with van der Waals surface area (Å²) in [7, 11) is 0. The molecule has 1 N–H and O–H groups in total. The highest BCUT2D eigenvalue weighted by atomic mass is 16.7. The van der Waals surface area contributed by atoms with Gasteiger partial charge in [0, 0.05) is 53.4 Å². The molecule has 0 radical (unpaired) electrons. The Morgan fingerprint density at radius 3 is 1.48 bits per heavy atom. The Kier molecular flexibility index (Phi) is 44.0. The first-order valence-corrected chi connectivity index (χ1v) is 30.9. The number of likely N-dealkylation sites (tertiary alicyclic amines) is 1. The standard InChI is InChI=1S/C63H108N2O12.H2/c1-5-9-13-17-20-25-31-45-71-58(66)35-27-21-22-28-36-59(67)74-51-54-48-55(52-75-60(68)38-37-57(34-26-16-12-8-4)77-63(70)64-41-44-65-42-29-30-43-65)50-56(49-54)53-76-61(69)39-40-62(72-46-32-23-18-14-10-6-2)73-47-33-24-19-15-11-7-3;/h20,25,48-50,57,62H,5-19,21-24,26-47,51-53H2,1-4H3,(H,64,70);1H/b25-20-;. The minimum absolute atomic E-state index is 0. The molecule has 444 valence electrons. The Labute approximate surface area is 468 Å². The van der Waals surface area contributed by atoms with Crippen LogP contribution in [0, 0.1) is 0 Å². The van der Waals surface area contributed by atoms with Crippen molar-refractivity contribution in [1.29, 1.82) is 0 Å². The number of ether oxygens (including phenoxy) is 7. The zero-order chi connectivity index (χ0) is 55.7. The van der Waals surface area contributed by atoms with Gasteiger partial charge in [0.1, 0.15) is 25.9 Å². The summed E-state index contributed by atoms with van der Waals surface area (Å²) in [4.78, 5) is 66.6. The van der Waals surface area contributed by atoms with Gasteiger partial charge in [-0.1, -0.05) is 149 Å². The number of alkyl carbamates (subject to hydrolysis) is 1. The molecule has 1 aromatic rings. The molecule has 1 atom stereocenters. The first-order valence-electron chi connectivity index (χ1n) is 30.9. The van der Waals surface area contributed by atoms with E-state index >= 15 is 0 Å². The Morgan fingerprint density at radius 2 is 0.935 bits per heavy atom. The molecule has 14 heteroatoms. The Balaban J connectivity index is 0.0000304. The summed E-state index contributed by atoms with van der Waals surface area (Å²) >= 11 is 0. The molecule has 0 aliphatic carbocycles. The van der Waals surface area contributed by atoms with Crippen LogP contribution < -0.4 is 5.32 Å². The number of nitrogens with zero attached hydrogens (tertiary/aromatic N) is 1. The Hall–Kier alpha value is -4.01. The largest absolute Gasteiger partial charge is 0.465 e. The fourth-order valence-electron chi connectivity index (χ4n) is 9.25. The molecular weight excluding hydrogens is 977 g/mol. The molecule has 1 heterocycles. The van der Waals surface area contributed by atoms with E-state index in [0.717, 1.165) is 96.7 Å². The third-order valence-electron chi connectivity index (χ3n) is 13.9. The topological polar surface area (TPSA) is 165 Å². The summed E-state index contributed by atoms with van der Waals surface area (Å²) in [5, 5.41) is 2.89. The van der Waals surface area contributed by atoms with E-state index in [-0.39, 0.29) is 58.4 Å². The van der Waals surface area contributed by atoms with Crippen LogP contribution in [0.15, 0.2) is 30.4 Å². The second-order valence-corrected chi connectivity index (χ2v) is 21.2. The van der Waals surface area contributed by atoms with Crippen molar-refractivity contribution in [2.75, 3.05) is 46.0 Å². The minimum atomic E-state index is -0.482. The van der Waals surface area contributed by atoms with Crippen molar-refractivity contribution in [2.45, 2.75) is 278 Å². The number of allylic oxidation sites excluding steroid dienone is 1. The highest BCUT2D eigenvalue weighted by Crippen LogP contribution is 2.19. The lowest BCUT2D eigenvalue weighted by Crippen LogP contribution is -2.35. The molecule has 77 heavy (non-hydrogen) atoms. The SMILES string of the molecule is CCCCC/C=C\CCOC(=O)CCCCCCC(=O)OCc1cc(COC(=O)CCC(CCCCCC)OC(=O)NCCN2CCCC2)cc(COC(=O)CCC(OCCCCCCCC)OCCCCCCCC)c1.[HH]. The van der Waals surface area contributed by atoms with Crippen LogP contribution >= 0.6 is 0 Å². The molecule has 1 amide bonds. The maximum absolute atomic E-state index is 13.2. The van der Waals surface area contributed by atoms with Crippen LogP contribution in [0.5, 0.6) is 0 Å². The molecule has 0 saturated carbocycles. The molecule has 1 aliphatic heterocycles. The van der Waals surface area contributed by atoms with E-state index < -0.39 is 24.5 Å². The molecule has 0 spiro atoms. The number of unbranched alkanes of at least 4 members (excludes halogenated alkanes) is 19. The molecule has 1 aliphatic rings. The molecule has 2 rings (SSSR count). The average Bonchev–Trinajstić information content (AvgIpc) is 3.96. The number of carbonyl (C=O) groups excluding carboxylic acids is 5. The van der Waals surface area contributed by atoms with Crippen molar-refractivity contribution in [3.63, 3.8) is 0 Å². The third kappa shape index (κ3) is 40.8. The van der Waals surface area contributed by atoms with E-state index in [1.165, 1.54) is 83.5 Å². The van der Waals surface area contributed by atoms with Crippen molar-refractivity contribution in [2.24, 2.45) is 0 Å². The molecule has 1 aromatic carbocycles. The summed E-state index contributed by atoms with van der Waals surface area (Å²) < 4.78 is 40.8. The van der Waals surface area contributed by atoms with E-state index in [1.54, 1.807) is 0 Å². The van der Waals surface area contributed by atoms with Gasteiger partial charge >= 0.3 is 30.0 Å². The third-order valence-corrected chi connectivity index (χ3v) is 13.9. The smallest absolute Gasteiger partial charge is 0.407 e. The van der Waals surface area contributed by atoms with Crippen LogP contribution in [0.2, 0.25) is 0 Å². The normalized spacial score (nSPS) is 13.1. The highest BCUT2D eigenvalue weighted by molar-refractivity contribution is 5.71. The Morgan fingerprint density at radius 1 is 0.494 bits per heavy atom. The lowest BCUT2D eigenvalue weighted by atomic mass is 10.1. The second kappa shape index (κ2) is 49.1. The van der Waals surface area contributed by atoms with Crippen molar-refractivity contribution in [3.05, 3.63) is 47.0 Å². The van der Waals surface area contributed by atoms with E-state index in [1.807, 2.05) is 18.2 Å². The number of carbonyl (C=O) groups is 5. The van der Waals surface area contributed by atoms with Gasteiger partial charge in [-0.3, -0.25) is 19.2 Å².